The van der Waals surface area contributed by atoms with Gasteiger partial charge in [-0.2, -0.15) is 0 Å². The first-order chi connectivity index (χ1) is 12.5. The van der Waals surface area contributed by atoms with E-state index >= 15 is 0 Å². The summed E-state index contributed by atoms with van der Waals surface area (Å²) in [7, 11) is 1.50. The lowest BCUT2D eigenvalue weighted by Gasteiger charge is -2.33. The molecule has 7 nitrogen and oxygen atoms in total. The Morgan fingerprint density at radius 2 is 2.00 bits per heavy atom. The molecular formula is C19H20N2O5. The van der Waals surface area contributed by atoms with Gasteiger partial charge in [-0.05, 0) is 18.6 Å². The zero-order valence-corrected chi connectivity index (χ0v) is 14.5. The molecule has 0 saturated heterocycles. The molecule has 1 aliphatic heterocycles. The van der Waals surface area contributed by atoms with E-state index in [1.807, 2.05) is 30.3 Å². The quantitative estimate of drug-likeness (QED) is 0.643. The first kappa shape index (κ1) is 17.6. The van der Waals surface area contributed by atoms with Crippen LogP contribution in [0.25, 0.3) is 0 Å². The summed E-state index contributed by atoms with van der Waals surface area (Å²) in [6, 6.07) is 12.6. The SMILES string of the molecule is COc1cc2c(cc1OCc1ccccc1)C(=NO)CC(C)N2C(=O)O. The second kappa shape index (κ2) is 7.35. The summed E-state index contributed by atoms with van der Waals surface area (Å²) in [6.07, 6.45) is -0.768. The van der Waals surface area contributed by atoms with Crippen molar-refractivity contribution in [1.82, 2.24) is 0 Å². The minimum Gasteiger partial charge on any atom is -0.493 e. The molecule has 0 saturated carbocycles. The standard InChI is InChI=1S/C19H20N2O5/c1-12-8-15(20-24)14-9-18(26-11-13-6-4-3-5-7-13)17(25-2)10-16(14)21(12)19(22)23/h3-7,9-10,12,24H,8,11H2,1-2H3,(H,22,23). The van der Waals surface area contributed by atoms with Gasteiger partial charge in [-0.1, -0.05) is 35.5 Å². The number of carbonyl (C=O) groups is 1. The molecule has 1 atom stereocenters. The smallest absolute Gasteiger partial charge is 0.412 e. The number of nitrogens with zero attached hydrogens (tertiary/aromatic N) is 2. The van der Waals surface area contributed by atoms with Crippen LogP contribution >= 0.6 is 0 Å². The highest BCUT2D eigenvalue weighted by Crippen LogP contribution is 2.40. The lowest BCUT2D eigenvalue weighted by Crippen LogP contribution is -2.43. The topological polar surface area (TPSA) is 91.6 Å². The van der Waals surface area contributed by atoms with Crippen LogP contribution in [0.5, 0.6) is 11.5 Å². The summed E-state index contributed by atoms with van der Waals surface area (Å²) in [4.78, 5) is 12.9. The maximum Gasteiger partial charge on any atom is 0.412 e. The lowest BCUT2D eigenvalue weighted by atomic mass is 9.94. The number of benzene rings is 2. The van der Waals surface area contributed by atoms with E-state index in [-0.39, 0.29) is 6.04 Å². The molecule has 7 heteroatoms. The Morgan fingerprint density at radius 3 is 2.62 bits per heavy atom. The average molecular weight is 356 g/mol. The Labute approximate surface area is 151 Å². The Balaban J connectivity index is 2.01. The number of hydrogen-bond acceptors (Lipinski definition) is 5. The largest absolute Gasteiger partial charge is 0.493 e. The summed E-state index contributed by atoms with van der Waals surface area (Å²) in [5.74, 6) is 0.869. The van der Waals surface area contributed by atoms with Gasteiger partial charge in [0.2, 0.25) is 0 Å². The molecule has 0 fully saturated rings. The van der Waals surface area contributed by atoms with Gasteiger partial charge in [0.1, 0.15) is 6.61 Å². The van der Waals surface area contributed by atoms with E-state index in [1.165, 1.54) is 12.0 Å². The van der Waals surface area contributed by atoms with Crippen molar-refractivity contribution in [2.75, 3.05) is 12.0 Å². The van der Waals surface area contributed by atoms with E-state index in [0.29, 0.717) is 41.5 Å². The minimum atomic E-state index is -1.07. The molecule has 0 radical (unpaired) electrons. The highest BCUT2D eigenvalue weighted by molar-refractivity contribution is 6.11. The molecule has 2 aromatic rings. The van der Waals surface area contributed by atoms with E-state index in [1.54, 1.807) is 19.1 Å². The molecular weight excluding hydrogens is 336 g/mol. The van der Waals surface area contributed by atoms with Gasteiger partial charge >= 0.3 is 6.09 Å². The molecule has 0 aliphatic carbocycles. The van der Waals surface area contributed by atoms with Crippen molar-refractivity contribution >= 4 is 17.5 Å². The number of anilines is 1. The van der Waals surface area contributed by atoms with Gasteiger partial charge in [0.25, 0.3) is 0 Å². The number of methoxy groups -OCH3 is 1. The molecule has 136 valence electrons. The van der Waals surface area contributed by atoms with E-state index in [2.05, 4.69) is 5.16 Å². The third-order valence-corrected chi connectivity index (χ3v) is 4.35. The Hall–Kier alpha value is -3.22. The minimum absolute atomic E-state index is 0.306. The van der Waals surface area contributed by atoms with Gasteiger partial charge in [-0.3, -0.25) is 4.90 Å². The Morgan fingerprint density at radius 1 is 1.27 bits per heavy atom. The van der Waals surface area contributed by atoms with Crippen molar-refractivity contribution in [2.24, 2.45) is 5.16 Å². The van der Waals surface area contributed by atoms with Gasteiger partial charge in [0.05, 0.1) is 18.5 Å². The summed E-state index contributed by atoms with van der Waals surface area (Å²) in [6.45, 7) is 2.09. The van der Waals surface area contributed by atoms with Crippen LogP contribution in [-0.2, 0) is 6.61 Å². The summed E-state index contributed by atoms with van der Waals surface area (Å²) in [5.41, 5.74) is 2.33. The molecule has 3 rings (SSSR count). The van der Waals surface area contributed by atoms with Crippen molar-refractivity contribution < 1.29 is 24.6 Å². The van der Waals surface area contributed by atoms with Gasteiger partial charge < -0.3 is 19.8 Å². The second-order valence-electron chi connectivity index (χ2n) is 6.05. The molecule has 2 aromatic carbocycles. The van der Waals surface area contributed by atoms with Crippen LogP contribution in [0.15, 0.2) is 47.6 Å². The fraction of sp³-hybridized carbons (Fsp3) is 0.263. The van der Waals surface area contributed by atoms with Crippen LogP contribution in [0.2, 0.25) is 0 Å². The number of amides is 1. The molecule has 0 spiro atoms. The first-order valence-electron chi connectivity index (χ1n) is 8.17. The normalized spacial score (nSPS) is 17.7. The lowest BCUT2D eigenvalue weighted by molar-refractivity contribution is 0.199. The zero-order valence-electron chi connectivity index (χ0n) is 14.5. The number of ether oxygens (including phenoxy) is 2. The fourth-order valence-corrected chi connectivity index (χ4v) is 3.09. The number of rotatable bonds is 4. The van der Waals surface area contributed by atoms with Gasteiger partial charge in [-0.15, -0.1) is 0 Å². The predicted molar refractivity (Wildman–Crippen MR) is 96.7 cm³/mol. The highest BCUT2D eigenvalue weighted by atomic mass is 16.5. The van der Waals surface area contributed by atoms with Crippen molar-refractivity contribution in [1.29, 1.82) is 0 Å². The molecule has 1 unspecified atom stereocenters. The first-order valence-corrected chi connectivity index (χ1v) is 8.17. The average Bonchev–Trinajstić information content (AvgIpc) is 2.65. The van der Waals surface area contributed by atoms with Crippen molar-refractivity contribution in [3.05, 3.63) is 53.6 Å². The van der Waals surface area contributed by atoms with E-state index in [9.17, 15) is 15.1 Å². The third kappa shape index (κ3) is 3.28. The summed E-state index contributed by atoms with van der Waals surface area (Å²) >= 11 is 0. The van der Waals surface area contributed by atoms with E-state index in [0.717, 1.165) is 5.56 Å². The fourth-order valence-electron chi connectivity index (χ4n) is 3.09. The van der Waals surface area contributed by atoms with Crippen LogP contribution in [0.1, 0.15) is 24.5 Å². The summed E-state index contributed by atoms with van der Waals surface area (Å²) in [5, 5.41) is 22.3. The van der Waals surface area contributed by atoms with Crippen molar-refractivity contribution in [2.45, 2.75) is 26.0 Å². The highest BCUT2D eigenvalue weighted by Gasteiger charge is 2.33. The zero-order chi connectivity index (χ0) is 18.7. The number of hydrogen-bond donors (Lipinski definition) is 2. The number of carboxylic acid groups (broad SMARTS) is 1. The van der Waals surface area contributed by atoms with Gasteiger partial charge in [0, 0.05) is 24.1 Å². The van der Waals surface area contributed by atoms with E-state index < -0.39 is 6.09 Å². The van der Waals surface area contributed by atoms with Crippen LogP contribution in [0.3, 0.4) is 0 Å². The number of oxime groups is 1. The maximum absolute atomic E-state index is 11.7. The van der Waals surface area contributed by atoms with Crippen molar-refractivity contribution in [3.63, 3.8) is 0 Å². The van der Waals surface area contributed by atoms with Gasteiger partial charge in [-0.25, -0.2) is 4.79 Å². The summed E-state index contributed by atoms with van der Waals surface area (Å²) < 4.78 is 11.3. The third-order valence-electron chi connectivity index (χ3n) is 4.35. The Bertz CT molecular complexity index is 835. The molecule has 1 aliphatic rings. The van der Waals surface area contributed by atoms with Crippen LogP contribution in [-0.4, -0.2) is 35.3 Å². The van der Waals surface area contributed by atoms with Gasteiger partial charge in [0.15, 0.2) is 11.5 Å². The monoisotopic (exact) mass is 356 g/mol. The molecule has 26 heavy (non-hydrogen) atoms. The van der Waals surface area contributed by atoms with Crippen LogP contribution < -0.4 is 14.4 Å². The second-order valence-corrected chi connectivity index (χ2v) is 6.05. The van der Waals surface area contributed by atoms with Crippen LogP contribution in [0.4, 0.5) is 10.5 Å². The predicted octanol–water partition coefficient (Wildman–Crippen LogP) is 3.73. The Kier molecular flexibility index (Phi) is 4.97. The molecule has 1 amide bonds. The molecule has 0 bridgehead atoms. The molecule has 0 aromatic heterocycles. The van der Waals surface area contributed by atoms with Crippen LogP contribution in [0, 0.1) is 0 Å². The van der Waals surface area contributed by atoms with E-state index in [4.69, 9.17) is 9.47 Å². The maximum atomic E-state index is 11.7. The molecule has 1 heterocycles. The molecule has 2 N–H and O–H groups in total. The number of fused-ring (bicyclic) bond motifs is 1. The van der Waals surface area contributed by atoms with Crippen molar-refractivity contribution in [3.8, 4) is 11.5 Å².